The molecule has 0 radical (unpaired) electrons. The van der Waals surface area contributed by atoms with Gasteiger partial charge in [0.1, 0.15) is 0 Å². The number of fused-ring (bicyclic) bond motifs is 1. The molecule has 0 aliphatic carbocycles. The predicted octanol–water partition coefficient (Wildman–Crippen LogP) is 2.78. The first-order valence-corrected chi connectivity index (χ1v) is 8.02. The van der Waals surface area contributed by atoms with Crippen molar-refractivity contribution in [1.82, 2.24) is 9.55 Å². The molecule has 3 rings (SSSR count). The summed E-state index contributed by atoms with van der Waals surface area (Å²) in [6.45, 7) is 2.05. The van der Waals surface area contributed by atoms with Crippen LogP contribution in [-0.4, -0.2) is 27.0 Å². The highest BCUT2D eigenvalue weighted by Gasteiger charge is 2.12. The minimum absolute atomic E-state index is 0.0429. The normalized spacial score (nSPS) is 11.0. The van der Waals surface area contributed by atoms with E-state index in [-0.39, 0.29) is 12.2 Å². The zero-order chi connectivity index (χ0) is 15.5. The van der Waals surface area contributed by atoms with Crippen molar-refractivity contribution in [1.29, 1.82) is 0 Å². The Morgan fingerprint density at radius 3 is 2.59 bits per heavy atom. The van der Waals surface area contributed by atoms with Gasteiger partial charge in [0, 0.05) is 5.75 Å². The molecule has 2 aromatic carbocycles. The summed E-state index contributed by atoms with van der Waals surface area (Å²) in [4.78, 5) is 17.4. The quantitative estimate of drug-likeness (QED) is 0.594. The van der Waals surface area contributed by atoms with Gasteiger partial charge in [0.2, 0.25) is 0 Å². The van der Waals surface area contributed by atoms with Crippen LogP contribution in [0.2, 0.25) is 0 Å². The van der Waals surface area contributed by atoms with E-state index in [1.54, 1.807) is 10.6 Å². The lowest BCUT2D eigenvalue weighted by molar-refractivity contribution is 0.322. The van der Waals surface area contributed by atoms with Gasteiger partial charge in [0.15, 0.2) is 5.16 Å². The van der Waals surface area contributed by atoms with Gasteiger partial charge in [0.05, 0.1) is 23.2 Å². The Labute approximate surface area is 132 Å². The number of aromatic nitrogens is 2. The van der Waals surface area contributed by atoms with Crippen molar-refractivity contribution in [2.75, 3.05) is 12.4 Å². The second-order valence-corrected chi connectivity index (χ2v) is 6.02. The average molecular weight is 312 g/mol. The van der Waals surface area contributed by atoms with Crippen molar-refractivity contribution in [3.05, 3.63) is 64.4 Å². The average Bonchev–Trinajstić information content (AvgIpc) is 2.54. The number of aliphatic hydroxyl groups excluding tert-OH is 1. The first-order valence-electron chi connectivity index (χ1n) is 7.03. The molecule has 0 aliphatic heterocycles. The Kier molecular flexibility index (Phi) is 4.27. The van der Waals surface area contributed by atoms with Gasteiger partial charge < -0.3 is 5.11 Å². The molecule has 0 atom stereocenters. The smallest absolute Gasteiger partial charge is 0.266 e. The predicted molar refractivity (Wildman–Crippen MR) is 89.9 cm³/mol. The molecular weight excluding hydrogens is 296 g/mol. The molecule has 0 bridgehead atoms. The number of aliphatic hydroxyl groups is 1. The van der Waals surface area contributed by atoms with Crippen molar-refractivity contribution in [3.8, 4) is 5.69 Å². The monoisotopic (exact) mass is 312 g/mol. The van der Waals surface area contributed by atoms with Gasteiger partial charge in [-0.15, -0.1) is 0 Å². The van der Waals surface area contributed by atoms with Crippen LogP contribution in [0.1, 0.15) is 5.56 Å². The van der Waals surface area contributed by atoms with E-state index in [0.717, 1.165) is 11.3 Å². The topological polar surface area (TPSA) is 55.1 Å². The van der Waals surface area contributed by atoms with E-state index in [2.05, 4.69) is 4.98 Å². The van der Waals surface area contributed by atoms with Crippen LogP contribution in [0.25, 0.3) is 16.6 Å². The number of para-hydroxylation sites is 1. The highest BCUT2D eigenvalue weighted by atomic mass is 32.2. The molecule has 0 saturated carbocycles. The maximum absolute atomic E-state index is 12.8. The molecule has 0 fully saturated rings. The van der Waals surface area contributed by atoms with Crippen LogP contribution < -0.4 is 5.56 Å². The Balaban J connectivity index is 2.27. The van der Waals surface area contributed by atoms with E-state index >= 15 is 0 Å². The molecule has 4 nitrogen and oxygen atoms in total. The van der Waals surface area contributed by atoms with E-state index < -0.39 is 0 Å². The fraction of sp³-hybridized carbons (Fsp3) is 0.176. The number of nitrogens with zero attached hydrogens (tertiary/aromatic N) is 2. The van der Waals surface area contributed by atoms with Crippen LogP contribution >= 0.6 is 11.8 Å². The number of benzene rings is 2. The molecule has 0 spiro atoms. The van der Waals surface area contributed by atoms with E-state index in [1.807, 2.05) is 49.4 Å². The molecule has 112 valence electrons. The molecule has 1 aromatic heterocycles. The summed E-state index contributed by atoms with van der Waals surface area (Å²) < 4.78 is 1.61. The van der Waals surface area contributed by atoms with Gasteiger partial charge in [-0.3, -0.25) is 9.36 Å². The standard InChI is InChI=1S/C17H16N2O2S/c1-12-6-8-13(9-7-12)19-16(21)14-4-2-3-5-15(14)18-17(19)22-11-10-20/h2-9,20H,10-11H2,1H3. The third-order valence-electron chi connectivity index (χ3n) is 3.36. The Morgan fingerprint density at radius 2 is 1.86 bits per heavy atom. The van der Waals surface area contributed by atoms with Crippen LogP contribution in [0.3, 0.4) is 0 Å². The molecule has 0 amide bonds. The molecule has 5 heteroatoms. The van der Waals surface area contributed by atoms with Crippen molar-refractivity contribution >= 4 is 22.7 Å². The zero-order valence-corrected chi connectivity index (χ0v) is 13.0. The van der Waals surface area contributed by atoms with Gasteiger partial charge in [-0.2, -0.15) is 0 Å². The molecule has 3 aromatic rings. The van der Waals surface area contributed by atoms with Crippen molar-refractivity contribution in [2.24, 2.45) is 0 Å². The maximum atomic E-state index is 12.8. The van der Waals surface area contributed by atoms with Crippen LogP contribution in [-0.2, 0) is 0 Å². The molecule has 0 saturated heterocycles. The summed E-state index contributed by atoms with van der Waals surface area (Å²) in [5.41, 5.74) is 2.51. The first-order chi connectivity index (χ1) is 10.7. The highest BCUT2D eigenvalue weighted by Crippen LogP contribution is 2.21. The van der Waals surface area contributed by atoms with Gasteiger partial charge in [-0.1, -0.05) is 41.6 Å². The number of hydrogen-bond donors (Lipinski definition) is 1. The second kappa shape index (κ2) is 6.34. The fourth-order valence-electron chi connectivity index (χ4n) is 2.27. The molecule has 0 unspecified atom stereocenters. The lowest BCUT2D eigenvalue weighted by Gasteiger charge is -2.13. The van der Waals surface area contributed by atoms with Gasteiger partial charge in [-0.25, -0.2) is 4.98 Å². The molecule has 1 N–H and O–H groups in total. The summed E-state index contributed by atoms with van der Waals surface area (Å²) in [6, 6.07) is 15.1. The molecule has 0 aliphatic rings. The summed E-state index contributed by atoms with van der Waals surface area (Å²) >= 11 is 1.38. The van der Waals surface area contributed by atoms with E-state index in [1.165, 1.54) is 11.8 Å². The largest absolute Gasteiger partial charge is 0.396 e. The molecule has 22 heavy (non-hydrogen) atoms. The van der Waals surface area contributed by atoms with Crippen LogP contribution in [0.4, 0.5) is 0 Å². The summed E-state index contributed by atoms with van der Waals surface area (Å²) in [5, 5.41) is 10.3. The Morgan fingerprint density at radius 1 is 1.14 bits per heavy atom. The fourth-order valence-corrected chi connectivity index (χ4v) is 3.02. The number of thioether (sulfide) groups is 1. The van der Waals surface area contributed by atoms with Gasteiger partial charge in [0.25, 0.3) is 5.56 Å². The summed E-state index contributed by atoms with van der Waals surface area (Å²) in [5.74, 6) is 0.497. The SMILES string of the molecule is Cc1ccc(-n2c(SCCO)nc3ccccc3c2=O)cc1. The zero-order valence-electron chi connectivity index (χ0n) is 12.2. The van der Waals surface area contributed by atoms with E-state index in [0.29, 0.717) is 21.8 Å². The summed E-state index contributed by atoms with van der Waals surface area (Å²) in [6.07, 6.45) is 0. The van der Waals surface area contributed by atoms with Gasteiger partial charge in [-0.05, 0) is 31.2 Å². The van der Waals surface area contributed by atoms with E-state index in [9.17, 15) is 4.79 Å². The number of aryl methyl sites for hydroxylation is 1. The number of rotatable bonds is 4. The number of hydrogen-bond acceptors (Lipinski definition) is 4. The molecule has 1 heterocycles. The Hall–Kier alpha value is -2.11. The lowest BCUT2D eigenvalue weighted by Crippen LogP contribution is -2.22. The third kappa shape index (κ3) is 2.77. The second-order valence-electron chi connectivity index (χ2n) is 4.96. The van der Waals surface area contributed by atoms with Crippen molar-refractivity contribution in [2.45, 2.75) is 12.1 Å². The van der Waals surface area contributed by atoms with E-state index in [4.69, 9.17) is 5.11 Å². The minimum atomic E-state index is -0.0881. The summed E-state index contributed by atoms with van der Waals surface area (Å²) in [7, 11) is 0. The first kappa shape index (κ1) is 14.8. The lowest BCUT2D eigenvalue weighted by atomic mass is 10.2. The minimum Gasteiger partial charge on any atom is -0.396 e. The maximum Gasteiger partial charge on any atom is 0.266 e. The van der Waals surface area contributed by atoms with Crippen molar-refractivity contribution < 1.29 is 5.11 Å². The van der Waals surface area contributed by atoms with Crippen molar-refractivity contribution in [3.63, 3.8) is 0 Å². The Bertz CT molecular complexity index is 857. The van der Waals surface area contributed by atoms with Gasteiger partial charge >= 0.3 is 0 Å². The van der Waals surface area contributed by atoms with Crippen LogP contribution in [0, 0.1) is 6.92 Å². The third-order valence-corrected chi connectivity index (χ3v) is 4.28. The van der Waals surface area contributed by atoms with Crippen LogP contribution in [0.15, 0.2) is 58.5 Å². The van der Waals surface area contributed by atoms with Crippen LogP contribution in [0.5, 0.6) is 0 Å². The molecular formula is C17H16N2O2S. The highest BCUT2D eigenvalue weighted by molar-refractivity contribution is 7.99.